The zero-order valence-electron chi connectivity index (χ0n) is 10.6. The Morgan fingerprint density at radius 3 is 2.72 bits per heavy atom. The third-order valence-corrected chi connectivity index (χ3v) is 2.48. The summed E-state index contributed by atoms with van der Waals surface area (Å²) in [6.45, 7) is 5.53. The molecule has 0 aliphatic heterocycles. The Morgan fingerprint density at radius 1 is 1.44 bits per heavy atom. The van der Waals surface area contributed by atoms with Gasteiger partial charge in [0.1, 0.15) is 0 Å². The van der Waals surface area contributed by atoms with Crippen molar-refractivity contribution in [2.75, 3.05) is 25.0 Å². The van der Waals surface area contributed by atoms with Crippen LogP contribution in [-0.4, -0.2) is 35.8 Å². The monoisotopic (exact) mass is 253 g/mol. The van der Waals surface area contributed by atoms with Crippen LogP contribution >= 0.6 is 0 Å². The van der Waals surface area contributed by atoms with Crippen molar-refractivity contribution in [3.8, 4) is 0 Å². The predicted molar refractivity (Wildman–Crippen MR) is 70.9 cm³/mol. The summed E-state index contributed by atoms with van der Waals surface area (Å²) in [5, 5.41) is 25.9. The van der Waals surface area contributed by atoms with E-state index in [9.17, 15) is 10.1 Å². The number of nitro groups is 1. The first kappa shape index (κ1) is 14.4. The Bertz CT molecular complexity index is 408. The van der Waals surface area contributed by atoms with Gasteiger partial charge in [0.05, 0.1) is 11.0 Å². The van der Waals surface area contributed by atoms with Crippen molar-refractivity contribution < 1.29 is 10.0 Å². The normalized spacial score (nSPS) is 12.2. The van der Waals surface area contributed by atoms with Crippen LogP contribution in [0.25, 0.3) is 0 Å². The van der Waals surface area contributed by atoms with E-state index in [1.807, 2.05) is 6.92 Å². The fourth-order valence-electron chi connectivity index (χ4n) is 1.56. The number of non-ortho nitro benzene ring substituents is 1. The molecule has 0 saturated heterocycles. The van der Waals surface area contributed by atoms with Crippen LogP contribution in [0, 0.1) is 17.0 Å². The van der Waals surface area contributed by atoms with Gasteiger partial charge in [0.2, 0.25) is 0 Å². The second-order valence-electron chi connectivity index (χ2n) is 4.24. The highest BCUT2D eigenvalue weighted by molar-refractivity contribution is 5.55. The average Bonchev–Trinajstić information content (AvgIpc) is 2.29. The summed E-state index contributed by atoms with van der Waals surface area (Å²) >= 11 is 0. The molecule has 1 aromatic carbocycles. The number of benzene rings is 1. The van der Waals surface area contributed by atoms with Crippen LogP contribution in [0.1, 0.15) is 12.5 Å². The lowest BCUT2D eigenvalue weighted by Gasteiger charge is -2.10. The van der Waals surface area contributed by atoms with E-state index in [1.165, 1.54) is 6.07 Å². The first-order valence-electron chi connectivity index (χ1n) is 5.88. The van der Waals surface area contributed by atoms with Crippen molar-refractivity contribution in [2.45, 2.75) is 20.0 Å². The van der Waals surface area contributed by atoms with Crippen molar-refractivity contribution in [2.24, 2.45) is 0 Å². The van der Waals surface area contributed by atoms with Gasteiger partial charge in [0, 0.05) is 37.5 Å². The van der Waals surface area contributed by atoms with E-state index in [0.29, 0.717) is 13.1 Å². The molecule has 6 heteroatoms. The molecular formula is C12H19N3O3. The maximum atomic E-state index is 10.6. The molecule has 0 aromatic heterocycles. The minimum atomic E-state index is -0.402. The number of hydrogen-bond acceptors (Lipinski definition) is 5. The molecule has 1 aromatic rings. The predicted octanol–water partition coefficient (Wildman–Crippen LogP) is 1.29. The maximum Gasteiger partial charge on any atom is 0.269 e. The van der Waals surface area contributed by atoms with Gasteiger partial charge >= 0.3 is 0 Å². The van der Waals surface area contributed by atoms with Crippen LogP contribution < -0.4 is 10.6 Å². The zero-order valence-corrected chi connectivity index (χ0v) is 10.6. The molecule has 0 radical (unpaired) electrons. The number of nitrogens with zero attached hydrogens (tertiary/aromatic N) is 1. The van der Waals surface area contributed by atoms with Gasteiger partial charge in [0.15, 0.2) is 0 Å². The van der Waals surface area contributed by atoms with Gasteiger partial charge in [-0.25, -0.2) is 0 Å². The number of hydrogen-bond donors (Lipinski definition) is 3. The number of aliphatic hydroxyl groups is 1. The molecule has 18 heavy (non-hydrogen) atoms. The third-order valence-electron chi connectivity index (χ3n) is 2.48. The first-order chi connectivity index (χ1) is 8.50. The average molecular weight is 253 g/mol. The molecule has 3 N–H and O–H groups in total. The molecule has 0 heterocycles. The van der Waals surface area contributed by atoms with E-state index < -0.39 is 4.92 Å². The molecule has 0 bridgehead atoms. The molecule has 1 unspecified atom stereocenters. The maximum absolute atomic E-state index is 10.6. The standard InChI is InChI=1S/C12H19N3O3/c1-9-7-11(15(17)18)3-4-12(9)14-6-5-13-8-10(2)16/h3-4,7,10,13-14,16H,5-6,8H2,1-2H3. The fourth-order valence-corrected chi connectivity index (χ4v) is 1.56. The second-order valence-corrected chi connectivity index (χ2v) is 4.24. The van der Waals surface area contributed by atoms with Crippen LogP contribution in [0.5, 0.6) is 0 Å². The van der Waals surface area contributed by atoms with Crippen LogP contribution in [0.3, 0.4) is 0 Å². The Hall–Kier alpha value is -1.66. The van der Waals surface area contributed by atoms with E-state index in [2.05, 4.69) is 10.6 Å². The Labute approximate surface area is 106 Å². The quantitative estimate of drug-likeness (QED) is 0.387. The Kier molecular flexibility index (Phi) is 5.54. The molecule has 0 saturated carbocycles. The highest BCUT2D eigenvalue weighted by Gasteiger charge is 2.07. The molecule has 1 atom stereocenters. The topological polar surface area (TPSA) is 87.4 Å². The van der Waals surface area contributed by atoms with Gasteiger partial charge in [-0.1, -0.05) is 0 Å². The third kappa shape index (κ3) is 4.68. The molecule has 100 valence electrons. The lowest BCUT2D eigenvalue weighted by molar-refractivity contribution is -0.384. The van der Waals surface area contributed by atoms with Crippen LogP contribution in [0.2, 0.25) is 0 Å². The SMILES string of the molecule is Cc1cc([N+](=O)[O-])ccc1NCCNCC(C)O. The number of nitro benzene ring substituents is 1. The van der Waals surface area contributed by atoms with Crippen LogP contribution in [0.4, 0.5) is 11.4 Å². The fraction of sp³-hybridized carbons (Fsp3) is 0.500. The molecular weight excluding hydrogens is 234 g/mol. The Balaban J connectivity index is 2.41. The molecule has 0 aliphatic rings. The summed E-state index contributed by atoms with van der Waals surface area (Å²) in [7, 11) is 0. The smallest absolute Gasteiger partial charge is 0.269 e. The van der Waals surface area contributed by atoms with Crippen molar-refractivity contribution in [3.05, 3.63) is 33.9 Å². The van der Waals surface area contributed by atoms with Gasteiger partial charge in [-0.05, 0) is 25.5 Å². The van der Waals surface area contributed by atoms with E-state index >= 15 is 0 Å². The number of aryl methyl sites for hydroxylation is 1. The molecule has 0 amide bonds. The van der Waals surface area contributed by atoms with Gasteiger partial charge in [0.25, 0.3) is 5.69 Å². The first-order valence-corrected chi connectivity index (χ1v) is 5.88. The van der Waals surface area contributed by atoms with Crippen LogP contribution in [-0.2, 0) is 0 Å². The Morgan fingerprint density at radius 2 is 2.17 bits per heavy atom. The van der Waals surface area contributed by atoms with Gasteiger partial charge in [-0.3, -0.25) is 10.1 Å². The number of rotatable bonds is 7. The van der Waals surface area contributed by atoms with Crippen molar-refractivity contribution >= 4 is 11.4 Å². The minimum Gasteiger partial charge on any atom is -0.392 e. The summed E-state index contributed by atoms with van der Waals surface area (Å²) in [5.74, 6) is 0. The van der Waals surface area contributed by atoms with E-state index in [0.717, 1.165) is 17.8 Å². The highest BCUT2D eigenvalue weighted by Crippen LogP contribution is 2.20. The van der Waals surface area contributed by atoms with E-state index in [4.69, 9.17) is 5.11 Å². The van der Waals surface area contributed by atoms with E-state index in [-0.39, 0.29) is 11.8 Å². The molecule has 0 spiro atoms. The van der Waals surface area contributed by atoms with Crippen LogP contribution in [0.15, 0.2) is 18.2 Å². The van der Waals surface area contributed by atoms with Gasteiger partial charge < -0.3 is 15.7 Å². The number of anilines is 1. The van der Waals surface area contributed by atoms with Crippen molar-refractivity contribution in [3.63, 3.8) is 0 Å². The van der Waals surface area contributed by atoms with Gasteiger partial charge in [-0.2, -0.15) is 0 Å². The number of nitrogens with one attached hydrogen (secondary N) is 2. The lowest BCUT2D eigenvalue weighted by Crippen LogP contribution is -2.29. The van der Waals surface area contributed by atoms with Gasteiger partial charge in [-0.15, -0.1) is 0 Å². The minimum absolute atomic E-state index is 0.102. The number of aliphatic hydroxyl groups excluding tert-OH is 1. The molecule has 0 aliphatic carbocycles. The molecule has 6 nitrogen and oxygen atoms in total. The van der Waals surface area contributed by atoms with Crippen molar-refractivity contribution in [1.82, 2.24) is 5.32 Å². The summed E-state index contributed by atoms with van der Waals surface area (Å²) in [6.07, 6.45) is -0.355. The van der Waals surface area contributed by atoms with Crippen molar-refractivity contribution in [1.29, 1.82) is 0 Å². The highest BCUT2D eigenvalue weighted by atomic mass is 16.6. The zero-order chi connectivity index (χ0) is 13.5. The molecule has 1 rings (SSSR count). The summed E-state index contributed by atoms with van der Waals surface area (Å²) < 4.78 is 0. The second kappa shape index (κ2) is 6.93. The molecule has 0 fully saturated rings. The van der Waals surface area contributed by atoms with E-state index in [1.54, 1.807) is 19.1 Å². The summed E-state index contributed by atoms with van der Waals surface area (Å²) in [4.78, 5) is 10.2. The summed E-state index contributed by atoms with van der Waals surface area (Å²) in [5.41, 5.74) is 1.84. The lowest BCUT2D eigenvalue weighted by atomic mass is 10.2. The largest absolute Gasteiger partial charge is 0.392 e. The summed E-state index contributed by atoms with van der Waals surface area (Å²) in [6, 6.07) is 4.74.